The Morgan fingerprint density at radius 3 is 2.24 bits per heavy atom. The van der Waals surface area contributed by atoms with Gasteiger partial charge in [-0.15, -0.1) is 0 Å². The van der Waals surface area contributed by atoms with Crippen molar-refractivity contribution in [1.82, 2.24) is 9.21 Å². The molecule has 2 aromatic carbocycles. The topological polar surface area (TPSA) is 40.6 Å². The molecule has 1 saturated heterocycles. The van der Waals surface area contributed by atoms with E-state index in [-0.39, 0.29) is 0 Å². The van der Waals surface area contributed by atoms with Gasteiger partial charge in [0, 0.05) is 37.7 Å². The van der Waals surface area contributed by atoms with Gasteiger partial charge in [0.05, 0.1) is 4.90 Å². The summed E-state index contributed by atoms with van der Waals surface area (Å²) in [6.07, 6.45) is 0.879. The van der Waals surface area contributed by atoms with Gasteiger partial charge >= 0.3 is 0 Å². The second kappa shape index (κ2) is 7.87. The number of hydrogen-bond donors (Lipinski definition) is 0. The van der Waals surface area contributed by atoms with Gasteiger partial charge in [-0.2, -0.15) is 4.31 Å². The average Bonchev–Trinajstić information content (AvgIpc) is 2.62. The molecule has 6 heteroatoms. The van der Waals surface area contributed by atoms with E-state index in [1.54, 1.807) is 16.4 Å². The average molecular weight is 379 g/mol. The number of aryl methyl sites for hydroxylation is 1. The minimum Gasteiger partial charge on any atom is -0.300 e. The number of benzene rings is 2. The van der Waals surface area contributed by atoms with Crippen molar-refractivity contribution in [2.45, 2.75) is 18.2 Å². The molecule has 0 N–H and O–H groups in total. The molecular weight excluding hydrogens is 356 g/mol. The molecule has 0 bridgehead atoms. The van der Waals surface area contributed by atoms with E-state index in [0.29, 0.717) is 18.0 Å². The van der Waals surface area contributed by atoms with Crippen LogP contribution in [0.25, 0.3) is 0 Å². The van der Waals surface area contributed by atoms with E-state index in [9.17, 15) is 8.42 Å². The van der Waals surface area contributed by atoms with Crippen molar-refractivity contribution in [2.75, 3.05) is 32.7 Å². The smallest absolute Gasteiger partial charge is 0.243 e. The minimum absolute atomic E-state index is 0.377. The monoisotopic (exact) mass is 378 g/mol. The van der Waals surface area contributed by atoms with Gasteiger partial charge in [-0.05, 0) is 37.1 Å². The van der Waals surface area contributed by atoms with E-state index < -0.39 is 10.0 Å². The van der Waals surface area contributed by atoms with Crippen LogP contribution in [-0.2, 0) is 16.4 Å². The molecule has 0 spiro atoms. The van der Waals surface area contributed by atoms with Crippen LogP contribution in [0.4, 0.5) is 0 Å². The Kier molecular flexibility index (Phi) is 5.79. The fourth-order valence-electron chi connectivity index (χ4n) is 3.03. The predicted molar refractivity (Wildman–Crippen MR) is 102 cm³/mol. The van der Waals surface area contributed by atoms with Crippen LogP contribution >= 0.6 is 11.6 Å². The lowest BCUT2D eigenvalue weighted by atomic mass is 10.1. The summed E-state index contributed by atoms with van der Waals surface area (Å²) in [5.41, 5.74) is 2.20. The second-order valence-corrected chi connectivity index (χ2v) is 8.75. The van der Waals surface area contributed by atoms with E-state index in [2.05, 4.69) is 4.90 Å². The SMILES string of the molecule is Cc1ccc(S(=O)(=O)N2CCN(CCc3ccccc3Cl)CC2)cc1. The Hall–Kier alpha value is -1.40. The molecule has 3 rings (SSSR count). The molecule has 25 heavy (non-hydrogen) atoms. The Labute approximate surface area is 155 Å². The molecule has 134 valence electrons. The van der Waals surface area contributed by atoms with Crippen molar-refractivity contribution >= 4 is 21.6 Å². The summed E-state index contributed by atoms with van der Waals surface area (Å²) in [5, 5.41) is 0.795. The summed E-state index contributed by atoms with van der Waals surface area (Å²) in [4.78, 5) is 2.67. The van der Waals surface area contributed by atoms with Crippen LogP contribution in [-0.4, -0.2) is 50.3 Å². The van der Waals surface area contributed by atoms with Gasteiger partial charge in [-0.1, -0.05) is 47.5 Å². The minimum atomic E-state index is -3.39. The van der Waals surface area contributed by atoms with E-state index in [1.165, 1.54) is 0 Å². The number of nitrogens with zero attached hydrogens (tertiary/aromatic N) is 2. The molecule has 1 fully saturated rings. The molecule has 1 aliphatic heterocycles. The first-order chi connectivity index (χ1) is 12.0. The van der Waals surface area contributed by atoms with E-state index in [1.807, 2.05) is 43.3 Å². The van der Waals surface area contributed by atoms with Crippen molar-refractivity contribution in [3.8, 4) is 0 Å². The highest BCUT2D eigenvalue weighted by atomic mass is 35.5. The zero-order valence-electron chi connectivity index (χ0n) is 14.4. The first-order valence-electron chi connectivity index (χ1n) is 8.49. The molecular formula is C19H23ClN2O2S. The molecule has 0 radical (unpaired) electrons. The fraction of sp³-hybridized carbons (Fsp3) is 0.368. The maximum Gasteiger partial charge on any atom is 0.243 e. The zero-order chi connectivity index (χ0) is 17.9. The first kappa shape index (κ1) is 18.4. The number of sulfonamides is 1. The Morgan fingerprint density at radius 2 is 1.60 bits per heavy atom. The summed E-state index contributed by atoms with van der Waals surface area (Å²) >= 11 is 6.20. The van der Waals surface area contributed by atoms with Crippen molar-refractivity contribution < 1.29 is 8.42 Å². The van der Waals surface area contributed by atoms with Crippen LogP contribution in [0.2, 0.25) is 5.02 Å². The Balaban J connectivity index is 1.56. The van der Waals surface area contributed by atoms with E-state index in [0.717, 1.165) is 42.2 Å². The third-order valence-corrected chi connectivity index (χ3v) is 6.93. The van der Waals surface area contributed by atoms with Gasteiger partial charge in [-0.3, -0.25) is 0 Å². The molecule has 2 aromatic rings. The molecule has 1 aliphatic rings. The van der Waals surface area contributed by atoms with Gasteiger partial charge in [0.15, 0.2) is 0 Å². The molecule has 0 aliphatic carbocycles. The summed E-state index contributed by atoms with van der Waals surface area (Å²) < 4.78 is 27.0. The number of halogens is 1. The number of rotatable bonds is 5. The third-order valence-electron chi connectivity index (χ3n) is 4.65. The van der Waals surface area contributed by atoms with Crippen LogP contribution in [0, 0.1) is 6.92 Å². The van der Waals surface area contributed by atoms with Crippen LogP contribution < -0.4 is 0 Å². The van der Waals surface area contributed by atoms with Crippen LogP contribution in [0.3, 0.4) is 0 Å². The lowest BCUT2D eigenvalue weighted by molar-refractivity contribution is 0.190. The lowest BCUT2D eigenvalue weighted by Gasteiger charge is -2.34. The van der Waals surface area contributed by atoms with Crippen LogP contribution in [0.15, 0.2) is 53.4 Å². The molecule has 0 saturated carbocycles. The van der Waals surface area contributed by atoms with Crippen LogP contribution in [0.5, 0.6) is 0 Å². The van der Waals surface area contributed by atoms with Crippen molar-refractivity contribution in [2.24, 2.45) is 0 Å². The van der Waals surface area contributed by atoms with Crippen LogP contribution in [0.1, 0.15) is 11.1 Å². The van der Waals surface area contributed by atoms with E-state index >= 15 is 0 Å². The normalized spacial score (nSPS) is 16.9. The maximum atomic E-state index is 12.7. The number of hydrogen-bond acceptors (Lipinski definition) is 3. The van der Waals surface area contributed by atoms with Crippen molar-refractivity contribution in [3.63, 3.8) is 0 Å². The van der Waals surface area contributed by atoms with Gasteiger partial charge in [0.1, 0.15) is 0 Å². The quantitative estimate of drug-likeness (QED) is 0.802. The third kappa shape index (κ3) is 4.42. The molecule has 0 aromatic heterocycles. The number of piperazine rings is 1. The fourth-order valence-corrected chi connectivity index (χ4v) is 4.68. The Morgan fingerprint density at radius 1 is 0.960 bits per heavy atom. The first-order valence-corrected chi connectivity index (χ1v) is 10.3. The zero-order valence-corrected chi connectivity index (χ0v) is 15.9. The molecule has 0 unspecified atom stereocenters. The largest absolute Gasteiger partial charge is 0.300 e. The summed E-state index contributed by atoms with van der Waals surface area (Å²) in [6.45, 7) is 5.39. The highest BCUT2D eigenvalue weighted by Crippen LogP contribution is 2.19. The Bertz CT molecular complexity index is 814. The maximum absolute atomic E-state index is 12.7. The van der Waals surface area contributed by atoms with Gasteiger partial charge in [0.2, 0.25) is 10.0 Å². The van der Waals surface area contributed by atoms with E-state index in [4.69, 9.17) is 11.6 Å². The summed E-state index contributed by atoms with van der Waals surface area (Å²) in [5.74, 6) is 0. The molecule has 4 nitrogen and oxygen atoms in total. The predicted octanol–water partition coefficient (Wildman–Crippen LogP) is 3.20. The highest BCUT2D eigenvalue weighted by Gasteiger charge is 2.28. The molecule has 0 atom stereocenters. The van der Waals surface area contributed by atoms with Crippen molar-refractivity contribution in [3.05, 3.63) is 64.7 Å². The lowest BCUT2D eigenvalue weighted by Crippen LogP contribution is -2.49. The van der Waals surface area contributed by atoms with Crippen molar-refractivity contribution in [1.29, 1.82) is 0 Å². The summed E-state index contributed by atoms with van der Waals surface area (Å²) in [7, 11) is -3.39. The van der Waals surface area contributed by atoms with Gasteiger partial charge in [0.25, 0.3) is 0 Å². The highest BCUT2D eigenvalue weighted by molar-refractivity contribution is 7.89. The standard InChI is InChI=1S/C19H23ClN2O2S/c1-16-6-8-18(9-7-16)25(23,24)22-14-12-21(13-15-22)11-10-17-4-2-3-5-19(17)20/h2-9H,10-15H2,1H3. The molecule has 1 heterocycles. The summed E-state index contributed by atoms with van der Waals surface area (Å²) in [6, 6.07) is 14.9. The second-order valence-electron chi connectivity index (χ2n) is 6.40. The van der Waals surface area contributed by atoms with Gasteiger partial charge < -0.3 is 4.90 Å². The van der Waals surface area contributed by atoms with Gasteiger partial charge in [-0.25, -0.2) is 8.42 Å². The molecule has 0 amide bonds.